The molecule has 3 heterocycles. The van der Waals surface area contributed by atoms with Gasteiger partial charge in [-0.1, -0.05) is 13.0 Å². The van der Waals surface area contributed by atoms with Gasteiger partial charge in [-0.2, -0.15) is 4.31 Å². The molecule has 1 saturated heterocycles. The third kappa shape index (κ3) is 2.45. The van der Waals surface area contributed by atoms with E-state index in [2.05, 4.69) is 4.98 Å². The molecule has 1 aliphatic rings. The number of hydrogen-bond donors (Lipinski definition) is 1. The third-order valence-electron chi connectivity index (χ3n) is 4.06. The van der Waals surface area contributed by atoms with Crippen molar-refractivity contribution in [3.63, 3.8) is 0 Å². The maximum atomic E-state index is 12.9. The van der Waals surface area contributed by atoms with Crippen LogP contribution in [0, 0.1) is 0 Å². The topological polar surface area (TPSA) is 74.9 Å². The maximum Gasteiger partial charge on any atom is 0.260 e. The van der Waals surface area contributed by atoms with E-state index in [9.17, 15) is 13.5 Å². The molecule has 3 rings (SSSR count). The van der Waals surface area contributed by atoms with Crippen molar-refractivity contribution in [2.24, 2.45) is 0 Å². The van der Waals surface area contributed by atoms with Crippen molar-refractivity contribution < 1.29 is 13.5 Å². The Hall–Kier alpha value is -1.44. The van der Waals surface area contributed by atoms with Gasteiger partial charge in [0.05, 0.1) is 12.3 Å². The zero-order valence-corrected chi connectivity index (χ0v) is 12.7. The first-order valence-electron chi connectivity index (χ1n) is 7.16. The maximum absolute atomic E-state index is 12.9. The van der Waals surface area contributed by atoms with Crippen molar-refractivity contribution in [2.45, 2.75) is 43.4 Å². The fourth-order valence-electron chi connectivity index (χ4n) is 2.92. The molecular formula is C14H19N3O3S. The largest absolute Gasteiger partial charge is 0.393 e. The van der Waals surface area contributed by atoms with Gasteiger partial charge < -0.3 is 5.11 Å². The summed E-state index contributed by atoms with van der Waals surface area (Å²) in [5.41, 5.74) is 0.612. The third-order valence-corrected chi connectivity index (χ3v) is 5.99. The highest BCUT2D eigenvalue weighted by molar-refractivity contribution is 7.89. The van der Waals surface area contributed by atoms with Gasteiger partial charge in [-0.25, -0.2) is 13.4 Å². The van der Waals surface area contributed by atoms with E-state index < -0.39 is 16.1 Å². The summed E-state index contributed by atoms with van der Waals surface area (Å²) in [6.45, 7) is 2.29. The molecular weight excluding hydrogens is 290 g/mol. The van der Waals surface area contributed by atoms with Gasteiger partial charge >= 0.3 is 0 Å². The second-order valence-electron chi connectivity index (χ2n) is 5.38. The van der Waals surface area contributed by atoms with Crippen molar-refractivity contribution in [1.29, 1.82) is 0 Å². The zero-order valence-electron chi connectivity index (χ0n) is 11.9. The molecule has 1 N–H and O–H groups in total. The monoisotopic (exact) mass is 309 g/mol. The quantitative estimate of drug-likeness (QED) is 0.926. The van der Waals surface area contributed by atoms with Crippen LogP contribution in [0.25, 0.3) is 5.65 Å². The second kappa shape index (κ2) is 5.40. The van der Waals surface area contributed by atoms with E-state index in [1.165, 1.54) is 10.5 Å². The van der Waals surface area contributed by atoms with E-state index in [1.807, 2.05) is 13.0 Å². The van der Waals surface area contributed by atoms with Crippen LogP contribution in [-0.2, 0) is 10.0 Å². The van der Waals surface area contributed by atoms with Crippen LogP contribution >= 0.6 is 0 Å². The van der Waals surface area contributed by atoms with Crippen LogP contribution in [0.5, 0.6) is 0 Å². The second-order valence-corrected chi connectivity index (χ2v) is 7.22. The molecule has 2 aromatic heterocycles. The molecule has 6 nitrogen and oxygen atoms in total. The highest BCUT2D eigenvalue weighted by atomic mass is 32.2. The SMILES string of the molecule is CC[C@H]1C[C@@H](O)CCN1S(=O)(=O)c1cnc2ccccn12. The van der Waals surface area contributed by atoms with Crippen molar-refractivity contribution in [1.82, 2.24) is 13.7 Å². The smallest absolute Gasteiger partial charge is 0.260 e. The van der Waals surface area contributed by atoms with Gasteiger partial charge in [0.25, 0.3) is 10.0 Å². The molecule has 0 unspecified atom stereocenters. The number of rotatable bonds is 3. The Labute approximate surface area is 124 Å². The number of nitrogens with zero attached hydrogens (tertiary/aromatic N) is 3. The van der Waals surface area contributed by atoms with E-state index in [0.717, 1.165) is 0 Å². The molecule has 0 aliphatic carbocycles. The first-order chi connectivity index (χ1) is 10.0. The number of pyridine rings is 1. The standard InChI is InChI=1S/C14H19N3O3S/c1-2-11-9-12(18)6-8-17(11)21(19,20)14-10-15-13-5-3-4-7-16(13)14/h3-5,7,10-12,18H,2,6,8-9H2,1H3/t11-,12-/m0/s1. The van der Waals surface area contributed by atoms with Crippen molar-refractivity contribution in [3.8, 4) is 0 Å². The van der Waals surface area contributed by atoms with E-state index in [4.69, 9.17) is 0 Å². The molecule has 1 aliphatic heterocycles. The molecule has 2 aromatic rings. The van der Waals surface area contributed by atoms with E-state index >= 15 is 0 Å². The number of imidazole rings is 1. The van der Waals surface area contributed by atoms with Gasteiger partial charge in [-0.05, 0) is 31.4 Å². The number of piperidine rings is 1. The minimum Gasteiger partial charge on any atom is -0.393 e. The van der Waals surface area contributed by atoms with E-state index in [-0.39, 0.29) is 11.1 Å². The molecule has 114 valence electrons. The Morgan fingerprint density at radius 1 is 1.43 bits per heavy atom. The van der Waals surface area contributed by atoms with Gasteiger partial charge in [-0.3, -0.25) is 4.40 Å². The summed E-state index contributed by atoms with van der Waals surface area (Å²) >= 11 is 0. The average Bonchev–Trinajstić information content (AvgIpc) is 2.91. The first-order valence-corrected chi connectivity index (χ1v) is 8.60. The zero-order chi connectivity index (χ0) is 15.0. The van der Waals surface area contributed by atoms with Crippen LogP contribution in [-0.4, -0.2) is 45.9 Å². The highest BCUT2D eigenvalue weighted by Crippen LogP contribution is 2.27. The van der Waals surface area contributed by atoms with E-state index in [0.29, 0.717) is 31.5 Å². The van der Waals surface area contributed by atoms with Crippen LogP contribution in [0.2, 0.25) is 0 Å². The van der Waals surface area contributed by atoms with Crippen LogP contribution in [0.1, 0.15) is 26.2 Å². The number of fused-ring (bicyclic) bond motifs is 1. The number of hydrogen-bond acceptors (Lipinski definition) is 4. The molecule has 0 radical (unpaired) electrons. The minimum atomic E-state index is -3.61. The van der Waals surface area contributed by atoms with Gasteiger partial charge in [0, 0.05) is 18.8 Å². The molecule has 0 saturated carbocycles. The minimum absolute atomic E-state index is 0.159. The Bertz CT molecular complexity index is 741. The van der Waals surface area contributed by atoms with Gasteiger partial charge in [0.1, 0.15) is 5.65 Å². The summed E-state index contributed by atoms with van der Waals surface area (Å²) in [6.07, 6.45) is 4.35. The Morgan fingerprint density at radius 2 is 2.24 bits per heavy atom. The molecule has 0 amide bonds. The lowest BCUT2D eigenvalue weighted by molar-refractivity contribution is 0.0795. The fourth-order valence-corrected chi connectivity index (χ4v) is 4.72. The lowest BCUT2D eigenvalue weighted by atomic mass is 10.0. The highest BCUT2D eigenvalue weighted by Gasteiger charge is 2.36. The van der Waals surface area contributed by atoms with Crippen molar-refractivity contribution in [2.75, 3.05) is 6.54 Å². The molecule has 21 heavy (non-hydrogen) atoms. The van der Waals surface area contributed by atoms with Crippen LogP contribution < -0.4 is 0 Å². The molecule has 7 heteroatoms. The summed E-state index contributed by atoms with van der Waals surface area (Å²) < 4.78 is 28.9. The number of aliphatic hydroxyl groups excluding tert-OH is 1. The molecule has 1 fully saturated rings. The lowest BCUT2D eigenvalue weighted by Gasteiger charge is -2.36. The predicted molar refractivity (Wildman–Crippen MR) is 78.4 cm³/mol. The Morgan fingerprint density at radius 3 is 3.00 bits per heavy atom. The van der Waals surface area contributed by atoms with E-state index in [1.54, 1.807) is 22.7 Å². The van der Waals surface area contributed by atoms with Crippen LogP contribution in [0.3, 0.4) is 0 Å². The van der Waals surface area contributed by atoms with Gasteiger partial charge in [-0.15, -0.1) is 0 Å². The normalized spacial score (nSPS) is 24.5. The molecule has 0 spiro atoms. The summed E-state index contributed by atoms with van der Waals surface area (Å²) in [5, 5.41) is 9.95. The number of aliphatic hydroxyl groups is 1. The van der Waals surface area contributed by atoms with Gasteiger partial charge in [0.2, 0.25) is 0 Å². The van der Waals surface area contributed by atoms with Crippen molar-refractivity contribution >= 4 is 15.7 Å². The van der Waals surface area contributed by atoms with Gasteiger partial charge in [0.15, 0.2) is 5.03 Å². The summed E-state index contributed by atoms with van der Waals surface area (Å²) in [4.78, 5) is 4.15. The molecule has 2 atom stereocenters. The Kier molecular flexibility index (Phi) is 3.73. The number of sulfonamides is 1. The average molecular weight is 309 g/mol. The Balaban J connectivity index is 2.03. The first kappa shape index (κ1) is 14.5. The molecule has 0 aromatic carbocycles. The lowest BCUT2D eigenvalue weighted by Crippen LogP contribution is -2.47. The summed E-state index contributed by atoms with van der Waals surface area (Å²) in [5.74, 6) is 0. The predicted octanol–water partition coefficient (Wildman–Crippen LogP) is 1.26. The summed E-state index contributed by atoms with van der Waals surface area (Å²) in [7, 11) is -3.61. The van der Waals surface area contributed by atoms with Crippen LogP contribution in [0.15, 0.2) is 35.6 Å². The summed E-state index contributed by atoms with van der Waals surface area (Å²) in [6, 6.07) is 5.22. The fraction of sp³-hybridized carbons (Fsp3) is 0.500. The number of aromatic nitrogens is 2. The van der Waals surface area contributed by atoms with Crippen LogP contribution in [0.4, 0.5) is 0 Å². The molecule has 0 bridgehead atoms. The van der Waals surface area contributed by atoms with Crippen molar-refractivity contribution in [3.05, 3.63) is 30.6 Å².